The second kappa shape index (κ2) is 5.90. The number of benzene rings is 1. The third-order valence-corrected chi connectivity index (χ3v) is 2.72. The monoisotopic (exact) mass is 260 g/mol. The van der Waals surface area contributed by atoms with Gasteiger partial charge in [0.25, 0.3) is 5.91 Å². The Morgan fingerprint density at radius 2 is 2.37 bits per heavy atom. The van der Waals surface area contributed by atoms with Crippen LogP contribution < -0.4 is 15.8 Å². The van der Waals surface area contributed by atoms with Crippen molar-refractivity contribution in [3.8, 4) is 5.75 Å². The van der Waals surface area contributed by atoms with Crippen molar-refractivity contribution < 1.29 is 9.53 Å². The molecule has 0 fully saturated rings. The molecule has 19 heavy (non-hydrogen) atoms. The number of aromatic nitrogens is 2. The molecule has 0 saturated carbocycles. The van der Waals surface area contributed by atoms with E-state index in [0.717, 1.165) is 0 Å². The number of rotatable bonds is 5. The van der Waals surface area contributed by atoms with Crippen molar-refractivity contribution in [1.82, 2.24) is 14.9 Å². The second-order valence-corrected chi connectivity index (χ2v) is 3.98. The number of carbonyl (C=O) groups excluding carboxylic acids is 1. The predicted molar refractivity (Wildman–Crippen MR) is 72.0 cm³/mol. The maximum Gasteiger partial charge on any atom is 0.257 e. The smallest absolute Gasteiger partial charge is 0.257 e. The van der Waals surface area contributed by atoms with E-state index in [9.17, 15) is 4.79 Å². The number of hydrogen-bond donors (Lipinski definition) is 2. The lowest BCUT2D eigenvalue weighted by molar-refractivity contribution is 0.0950. The highest BCUT2D eigenvalue weighted by atomic mass is 16.5. The lowest BCUT2D eigenvalue weighted by atomic mass is 10.1. The maximum absolute atomic E-state index is 12.1. The molecule has 1 amide bonds. The summed E-state index contributed by atoms with van der Waals surface area (Å²) >= 11 is 0. The normalized spacial score (nSPS) is 10.2. The molecule has 0 radical (unpaired) electrons. The summed E-state index contributed by atoms with van der Waals surface area (Å²) in [5.41, 5.74) is 6.58. The van der Waals surface area contributed by atoms with Crippen LogP contribution in [0.1, 0.15) is 10.4 Å². The number of nitrogens with one attached hydrogen (secondary N) is 1. The predicted octanol–water partition coefficient (Wildman–Crippen LogP) is 0.904. The minimum absolute atomic E-state index is 0.241. The molecule has 0 aliphatic rings. The summed E-state index contributed by atoms with van der Waals surface area (Å²) in [5, 5.41) is 2.81. The van der Waals surface area contributed by atoms with E-state index < -0.39 is 0 Å². The van der Waals surface area contributed by atoms with Crippen LogP contribution in [-0.4, -0.2) is 29.1 Å². The summed E-state index contributed by atoms with van der Waals surface area (Å²) < 4.78 is 7.02. The molecule has 6 nitrogen and oxygen atoms in total. The van der Waals surface area contributed by atoms with Gasteiger partial charge in [-0.1, -0.05) is 6.07 Å². The first-order valence-corrected chi connectivity index (χ1v) is 5.89. The van der Waals surface area contributed by atoms with Crippen LogP contribution in [0.25, 0.3) is 0 Å². The van der Waals surface area contributed by atoms with Crippen LogP contribution in [0.15, 0.2) is 36.9 Å². The molecule has 0 bridgehead atoms. The number of hydrogen-bond acceptors (Lipinski definition) is 4. The Bertz CT molecular complexity index is 552. The van der Waals surface area contributed by atoms with E-state index in [1.54, 1.807) is 30.7 Å². The van der Waals surface area contributed by atoms with Crippen molar-refractivity contribution in [2.24, 2.45) is 0 Å². The summed E-state index contributed by atoms with van der Waals surface area (Å²) in [4.78, 5) is 16.0. The Hall–Kier alpha value is -2.50. The van der Waals surface area contributed by atoms with Crippen LogP contribution in [0, 0.1) is 0 Å². The van der Waals surface area contributed by atoms with Crippen molar-refractivity contribution in [2.45, 2.75) is 6.54 Å². The topological polar surface area (TPSA) is 82.2 Å². The number of nitrogen functional groups attached to an aromatic ring is 1. The average Bonchev–Trinajstić information content (AvgIpc) is 2.91. The first-order valence-electron chi connectivity index (χ1n) is 5.89. The van der Waals surface area contributed by atoms with Crippen molar-refractivity contribution in [2.75, 3.05) is 19.4 Å². The van der Waals surface area contributed by atoms with Gasteiger partial charge in [-0.2, -0.15) is 0 Å². The zero-order valence-corrected chi connectivity index (χ0v) is 10.7. The third kappa shape index (κ3) is 3.04. The van der Waals surface area contributed by atoms with Crippen molar-refractivity contribution in [1.29, 1.82) is 0 Å². The number of carbonyl (C=O) groups is 1. The lowest BCUT2D eigenvalue weighted by Gasteiger charge is -2.11. The minimum atomic E-state index is -0.241. The summed E-state index contributed by atoms with van der Waals surface area (Å²) in [5.74, 6) is 0.232. The summed E-state index contributed by atoms with van der Waals surface area (Å²) in [6, 6.07) is 5.13. The molecule has 3 N–H and O–H groups in total. The van der Waals surface area contributed by atoms with Crippen molar-refractivity contribution in [3.63, 3.8) is 0 Å². The highest BCUT2D eigenvalue weighted by Crippen LogP contribution is 2.23. The van der Waals surface area contributed by atoms with E-state index in [-0.39, 0.29) is 5.91 Å². The van der Waals surface area contributed by atoms with Gasteiger partial charge in [0, 0.05) is 31.2 Å². The quantitative estimate of drug-likeness (QED) is 0.783. The largest absolute Gasteiger partial charge is 0.496 e. The standard InChI is InChI=1S/C13H16N4O2/c1-19-11-4-2-3-10(14)12(11)13(18)16-6-8-17-7-5-15-9-17/h2-5,7,9H,6,8,14H2,1H3,(H,16,18). The van der Waals surface area contributed by atoms with Crippen LogP contribution in [0.4, 0.5) is 5.69 Å². The highest BCUT2D eigenvalue weighted by Gasteiger charge is 2.14. The van der Waals surface area contributed by atoms with Gasteiger partial charge >= 0.3 is 0 Å². The highest BCUT2D eigenvalue weighted by molar-refractivity contribution is 6.01. The molecule has 1 aromatic heterocycles. The Labute approximate surface area is 111 Å². The van der Waals surface area contributed by atoms with Gasteiger partial charge < -0.3 is 20.4 Å². The molecule has 2 aromatic rings. The van der Waals surface area contributed by atoms with Gasteiger partial charge in [-0.25, -0.2) is 4.98 Å². The van der Waals surface area contributed by atoms with E-state index in [1.807, 2.05) is 10.8 Å². The fourth-order valence-electron chi connectivity index (χ4n) is 1.77. The van der Waals surface area contributed by atoms with E-state index in [0.29, 0.717) is 30.1 Å². The Balaban J connectivity index is 2.00. The van der Waals surface area contributed by atoms with Gasteiger partial charge in [0.2, 0.25) is 0 Å². The van der Waals surface area contributed by atoms with Crippen molar-refractivity contribution >= 4 is 11.6 Å². The van der Waals surface area contributed by atoms with Gasteiger partial charge in [-0.15, -0.1) is 0 Å². The molecule has 1 aromatic carbocycles. The summed E-state index contributed by atoms with van der Waals surface area (Å²) in [7, 11) is 1.51. The Morgan fingerprint density at radius 3 is 3.05 bits per heavy atom. The number of nitrogens with two attached hydrogens (primary N) is 1. The Kier molecular flexibility index (Phi) is 4.02. The number of imidazole rings is 1. The molecule has 1 heterocycles. The summed E-state index contributed by atoms with van der Waals surface area (Å²) in [6.45, 7) is 1.15. The zero-order valence-electron chi connectivity index (χ0n) is 10.7. The maximum atomic E-state index is 12.1. The van der Waals surface area contributed by atoms with Gasteiger partial charge in [-0.05, 0) is 12.1 Å². The molecule has 0 aliphatic carbocycles. The molecular formula is C13H16N4O2. The number of methoxy groups -OCH3 is 1. The molecular weight excluding hydrogens is 244 g/mol. The fourth-order valence-corrected chi connectivity index (χ4v) is 1.77. The van der Waals surface area contributed by atoms with Gasteiger partial charge in [0.1, 0.15) is 11.3 Å². The Morgan fingerprint density at radius 1 is 1.53 bits per heavy atom. The fraction of sp³-hybridized carbons (Fsp3) is 0.231. The molecule has 100 valence electrons. The zero-order chi connectivity index (χ0) is 13.7. The van der Waals surface area contributed by atoms with E-state index >= 15 is 0 Å². The second-order valence-electron chi connectivity index (χ2n) is 3.98. The minimum Gasteiger partial charge on any atom is -0.496 e. The third-order valence-electron chi connectivity index (χ3n) is 2.72. The van der Waals surface area contributed by atoms with E-state index in [2.05, 4.69) is 10.3 Å². The van der Waals surface area contributed by atoms with Crippen LogP contribution >= 0.6 is 0 Å². The van der Waals surface area contributed by atoms with Gasteiger partial charge in [0.15, 0.2) is 0 Å². The number of ether oxygens (including phenoxy) is 1. The number of anilines is 1. The van der Waals surface area contributed by atoms with Crippen LogP contribution in [0.5, 0.6) is 5.75 Å². The van der Waals surface area contributed by atoms with E-state index in [1.165, 1.54) is 7.11 Å². The van der Waals surface area contributed by atoms with Gasteiger partial charge in [-0.3, -0.25) is 4.79 Å². The number of nitrogens with zero attached hydrogens (tertiary/aromatic N) is 2. The van der Waals surface area contributed by atoms with Crippen LogP contribution in [0.3, 0.4) is 0 Å². The molecule has 2 rings (SSSR count). The molecule has 0 atom stereocenters. The molecule has 0 aliphatic heterocycles. The summed E-state index contributed by atoms with van der Waals surface area (Å²) in [6.07, 6.45) is 5.23. The molecule has 6 heteroatoms. The molecule has 0 unspecified atom stereocenters. The first-order chi connectivity index (χ1) is 9.22. The first kappa shape index (κ1) is 12.9. The lowest BCUT2D eigenvalue weighted by Crippen LogP contribution is -2.28. The van der Waals surface area contributed by atoms with E-state index in [4.69, 9.17) is 10.5 Å². The van der Waals surface area contributed by atoms with Crippen molar-refractivity contribution in [3.05, 3.63) is 42.5 Å². The molecule has 0 saturated heterocycles. The molecule has 0 spiro atoms. The number of amides is 1. The van der Waals surface area contributed by atoms with Crippen LogP contribution in [-0.2, 0) is 6.54 Å². The average molecular weight is 260 g/mol. The van der Waals surface area contributed by atoms with Crippen LogP contribution in [0.2, 0.25) is 0 Å². The van der Waals surface area contributed by atoms with Gasteiger partial charge in [0.05, 0.1) is 13.4 Å². The SMILES string of the molecule is COc1cccc(N)c1C(=O)NCCn1ccnc1.